The molecule has 2 rings (SSSR count). The predicted molar refractivity (Wildman–Crippen MR) is 82.6 cm³/mol. The van der Waals surface area contributed by atoms with E-state index in [1.165, 1.54) is 36.8 Å². The Hall–Kier alpha value is -1.51. The van der Waals surface area contributed by atoms with E-state index in [2.05, 4.69) is 49.3 Å². The lowest BCUT2D eigenvalue weighted by Gasteiger charge is -2.20. The number of guanidine groups is 1. The number of aryl methyl sites for hydroxylation is 2. The number of rotatable bonds is 3. The summed E-state index contributed by atoms with van der Waals surface area (Å²) in [5.41, 5.74) is 9.83. The molecule has 0 atom stereocenters. The highest BCUT2D eigenvalue weighted by molar-refractivity contribution is 5.92. The molecule has 0 amide bonds. The van der Waals surface area contributed by atoms with Gasteiger partial charge in [0.25, 0.3) is 0 Å². The topological polar surface area (TPSA) is 50.4 Å². The van der Waals surface area contributed by atoms with Crippen LogP contribution in [0.4, 0.5) is 5.69 Å². The van der Waals surface area contributed by atoms with Crippen LogP contribution in [0.1, 0.15) is 43.7 Å². The molecule has 0 saturated heterocycles. The summed E-state index contributed by atoms with van der Waals surface area (Å²) < 4.78 is 0. The molecule has 3 heteroatoms. The van der Waals surface area contributed by atoms with Gasteiger partial charge in [-0.15, -0.1) is 0 Å². The van der Waals surface area contributed by atoms with Gasteiger partial charge in [0.05, 0.1) is 0 Å². The van der Waals surface area contributed by atoms with Crippen molar-refractivity contribution in [1.29, 1.82) is 0 Å². The van der Waals surface area contributed by atoms with Gasteiger partial charge in [-0.05, 0) is 55.4 Å². The molecule has 0 unspecified atom stereocenters. The minimum atomic E-state index is 0.356. The number of anilines is 1. The van der Waals surface area contributed by atoms with E-state index in [1.807, 2.05) is 0 Å². The van der Waals surface area contributed by atoms with E-state index < -0.39 is 0 Å². The summed E-state index contributed by atoms with van der Waals surface area (Å²) in [5, 5.41) is 3.19. The van der Waals surface area contributed by atoms with Crippen LogP contribution >= 0.6 is 0 Å². The number of benzene rings is 1. The van der Waals surface area contributed by atoms with Crippen molar-refractivity contribution in [3.05, 3.63) is 29.3 Å². The van der Waals surface area contributed by atoms with Crippen molar-refractivity contribution in [3.63, 3.8) is 0 Å². The molecule has 104 valence electrons. The quantitative estimate of drug-likeness (QED) is 0.643. The maximum Gasteiger partial charge on any atom is 0.193 e. The first-order valence-corrected chi connectivity index (χ1v) is 7.12. The first kappa shape index (κ1) is 13.9. The monoisotopic (exact) mass is 259 g/mol. The molecule has 3 N–H and O–H groups in total. The summed E-state index contributed by atoms with van der Waals surface area (Å²) in [7, 11) is 0. The molecular weight excluding hydrogens is 234 g/mol. The second-order valence-electron chi connectivity index (χ2n) is 6.22. The summed E-state index contributed by atoms with van der Waals surface area (Å²) >= 11 is 0. The molecule has 19 heavy (non-hydrogen) atoms. The average molecular weight is 259 g/mol. The Morgan fingerprint density at radius 2 is 1.79 bits per heavy atom. The minimum Gasteiger partial charge on any atom is -0.370 e. The first-order valence-electron chi connectivity index (χ1n) is 7.12. The molecule has 0 radical (unpaired) electrons. The lowest BCUT2D eigenvalue weighted by molar-refractivity contribution is 0.351. The van der Waals surface area contributed by atoms with Gasteiger partial charge >= 0.3 is 0 Å². The Labute approximate surface area is 116 Å². The van der Waals surface area contributed by atoms with Crippen molar-refractivity contribution in [3.8, 4) is 0 Å². The maximum atomic E-state index is 5.98. The van der Waals surface area contributed by atoms with Crippen molar-refractivity contribution in [1.82, 2.24) is 0 Å². The number of nitrogens with two attached hydrogens (primary N) is 1. The van der Waals surface area contributed by atoms with Crippen molar-refractivity contribution in [2.75, 3.05) is 11.9 Å². The van der Waals surface area contributed by atoms with E-state index in [0.717, 1.165) is 12.2 Å². The fourth-order valence-corrected chi connectivity index (χ4v) is 2.90. The molecule has 1 fully saturated rings. The lowest BCUT2D eigenvalue weighted by Crippen LogP contribution is -2.26. The van der Waals surface area contributed by atoms with Gasteiger partial charge in [-0.25, -0.2) is 0 Å². The summed E-state index contributed by atoms with van der Waals surface area (Å²) in [4.78, 5) is 4.52. The highest BCUT2D eigenvalue weighted by Gasteiger charge is 2.28. The van der Waals surface area contributed by atoms with Gasteiger partial charge in [0.1, 0.15) is 0 Å². The van der Waals surface area contributed by atoms with Crippen LogP contribution in [-0.2, 0) is 0 Å². The predicted octanol–water partition coefficient (Wildman–Crippen LogP) is 3.61. The molecule has 1 aliphatic rings. The van der Waals surface area contributed by atoms with Crippen molar-refractivity contribution < 1.29 is 0 Å². The Kier molecular flexibility index (Phi) is 4.13. The molecule has 1 aliphatic carbocycles. The third kappa shape index (κ3) is 3.98. The fraction of sp³-hybridized carbons (Fsp3) is 0.562. The zero-order valence-electron chi connectivity index (χ0n) is 12.3. The van der Waals surface area contributed by atoms with Crippen LogP contribution in [0.15, 0.2) is 23.2 Å². The fourth-order valence-electron chi connectivity index (χ4n) is 2.90. The Balaban J connectivity index is 1.98. The first-order chi connectivity index (χ1) is 8.97. The smallest absolute Gasteiger partial charge is 0.193 e. The van der Waals surface area contributed by atoms with Gasteiger partial charge < -0.3 is 11.1 Å². The number of hydrogen-bond acceptors (Lipinski definition) is 1. The molecule has 1 aromatic rings. The maximum absolute atomic E-state index is 5.98. The molecule has 0 spiro atoms. The second-order valence-corrected chi connectivity index (χ2v) is 6.22. The Morgan fingerprint density at radius 3 is 2.37 bits per heavy atom. The number of hydrogen-bond donors (Lipinski definition) is 2. The molecule has 0 aromatic heterocycles. The van der Waals surface area contributed by atoms with E-state index in [0.29, 0.717) is 11.4 Å². The lowest BCUT2D eigenvalue weighted by atomic mass is 9.89. The molecular formula is C16H25N3. The van der Waals surface area contributed by atoms with Crippen LogP contribution in [0.25, 0.3) is 0 Å². The SMILES string of the molecule is Cc1cc(C)cc(NC(N)=NCC2(C)CCCC2)c1. The average Bonchev–Trinajstić information content (AvgIpc) is 2.73. The molecule has 3 nitrogen and oxygen atoms in total. The molecule has 1 aromatic carbocycles. The van der Waals surface area contributed by atoms with Crippen LogP contribution in [0.2, 0.25) is 0 Å². The highest BCUT2D eigenvalue weighted by Crippen LogP contribution is 2.37. The summed E-state index contributed by atoms with van der Waals surface area (Å²) in [6.07, 6.45) is 5.20. The van der Waals surface area contributed by atoms with Gasteiger partial charge in [-0.2, -0.15) is 0 Å². The summed E-state index contributed by atoms with van der Waals surface area (Å²) in [6, 6.07) is 6.33. The highest BCUT2D eigenvalue weighted by atomic mass is 15.1. The molecule has 0 heterocycles. The summed E-state index contributed by atoms with van der Waals surface area (Å²) in [6.45, 7) is 7.32. The third-order valence-electron chi connectivity index (χ3n) is 3.94. The van der Waals surface area contributed by atoms with E-state index in [4.69, 9.17) is 5.73 Å². The molecule has 0 aliphatic heterocycles. The minimum absolute atomic E-state index is 0.356. The van der Waals surface area contributed by atoms with E-state index in [-0.39, 0.29) is 0 Å². The molecule has 1 saturated carbocycles. The van der Waals surface area contributed by atoms with Gasteiger partial charge in [-0.1, -0.05) is 25.8 Å². The van der Waals surface area contributed by atoms with Crippen LogP contribution in [-0.4, -0.2) is 12.5 Å². The number of nitrogens with zero attached hydrogens (tertiary/aromatic N) is 1. The van der Waals surface area contributed by atoms with E-state index in [1.54, 1.807) is 0 Å². The largest absolute Gasteiger partial charge is 0.370 e. The number of aliphatic imine (C=N–C) groups is 1. The Bertz CT molecular complexity index is 451. The standard InChI is InChI=1S/C16H25N3/c1-12-8-13(2)10-14(9-12)19-15(17)18-11-16(3)6-4-5-7-16/h8-10H,4-7,11H2,1-3H3,(H3,17,18,19). The summed E-state index contributed by atoms with van der Waals surface area (Å²) in [5.74, 6) is 0.526. The normalized spacial score (nSPS) is 18.6. The van der Waals surface area contributed by atoms with Crippen LogP contribution in [0, 0.1) is 19.3 Å². The zero-order valence-corrected chi connectivity index (χ0v) is 12.3. The molecule has 0 bridgehead atoms. The van der Waals surface area contributed by atoms with Gasteiger partial charge in [0, 0.05) is 12.2 Å². The van der Waals surface area contributed by atoms with Crippen LogP contribution < -0.4 is 11.1 Å². The van der Waals surface area contributed by atoms with Gasteiger partial charge in [-0.3, -0.25) is 4.99 Å². The number of nitrogens with one attached hydrogen (secondary N) is 1. The van der Waals surface area contributed by atoms with E-state index in [9.17, 15) is 0 Å². The van der Waals surface area contributed by atoms with Crippen LogP contribution in [0.3, 0.4) is 0 Å². The van der Waals surface area contributed by atoms with E-state index >= 15 is 0 Å². The van der Waals surface area contributed by atoms with Crippen LogP contribution in [0.5, 0.6) is 0 Å². The third-order valence-corrected chi connectivity index (χ3v) is 3.94. The second kappa shape index (κ2) is 5.64. The van der Waals surface area contributed by atoms with Crippen molar-refractivity contribution in [2.45, 2.75) is 46.5 Å². The van der Waals surface area contributed by atoms with Gasteiger partial charge in [0.2, 0.25) is 0 Å². The zero-order chi connectivity index (χ0) is 13.9. The van der Waals surface area contributed by atoms with Crippen molar-refractivity contribution in [2.24, 2.45) is 16.1 Å². The van der Waals surface area contributed by atoms with Gasteiger partial charge in [0.15, 0.2) is 5.96 Å². The Morgan fingerprint density at radius 1 is 1.21 bits per heavy atom. The van der Waals surface area contributed by atoms with Crippen molar-refractivity contribution >= 4 is 11.6 Å².